The maximum Gasteiger partial charge on any atom is 0.413 e. The van der Waals surface area contributed by atoms with Gasteiger partial charge in [-0.3, -0.25) is 10.1 Å². The van der Waals surface area contributed by atoms with Crippen LogP contribution < -0.4 is 10.2 Å². The van der Waals surface area contributed by atoms with Gasteiger partial charge in [-0.25, -0.2) is 9.78 Å². The van der Waals surface area contributed by atoms with E-state index in [1.807, 2.05) is 43.3 Å². The maximum absolute atomic E-state index is 12.1. The molecule has 1 fully saturated rings. The van der Waals surface area contributed by atoms with Crippen LogP contribution in [0.25, 0.3) is 16.9 Å². The van der Waals surface area contributed by atoms with Gasteiger partial charge < -0.3 is 9.64 Å². The molecule has 0 bridgehead atoms. The fraction of sp³-hybridized carbons (Fsp3) is 0.263. The summed E-state index contributed by atoms with van der Waals surface area (Å²) in [5, 5.41) is 6.88. The predicted octanol–water partition coefficient (Wildman–Crippen LogP) is 2.99. The molecule has 138 valence electrons. The van der Waals surface area contributed by atoms with Gasteiger partial charge in [0.1, 0.15) is 11.9 Å². The first kappa shape index (κ1) is 17.0. The fourth-order valence-corrected chi connectivity index (χ4v) is 2.71. The molecule has 0 spiro atoms. The monoisotopic (exact) mass is 365 g/mol. The van der Waals surface area contributed by atoms with Crippen molar-refractivity contribution in [1.29, 1.82) is 0 Å². The normalized spacial score (nSPS) is 13.4. The molecule has 4 rings (SSSR count). The topological polar surface area (TPSA) is 88.8 Å². The molecule has 1 aliphatic rings. The highest BCUT2D eigenvalue weighted by Gasteiger charge is 2.26. The second-order valence-corrected chi connectivity index (χ2v) is 6.65. The molecule has 0 unspecified atom stereocenters. The van der Waals surface area contributed by atoms with Gasteiger partial charge in [0.25, 0.3) is 0 Å². The minimum atomic E-state index is -0.541. The highest BCUT2D eigenvalue weighted by molar-refractivity contribution is 5.89. The zero-order valence-electron chi connectivity index (χ0n) is 15.0. The lowest BCUT2D eigenvalue weighted by Crippen LogP contribution is -2.17. The van der Waals surface area contributed by atoms with Crippen LogP contribution in [0.2, 0.25) is 0 Å². The molecule has 8 nitrogen and oxygen atoms in total. The van der Waals surface area contributed by atoms with E-state index in [9.17, 15) is 9.59 Å². The van der Waals surface area contributed by atoms with Crippen LogP contribution in [-0.2, 0) is 4.74 Å². The summed E-state index contributed by atoms with van der Waals surface area (Å²) in [6.45, 7) is 0. The van der Waals surface area contributed by atoms with Crippen LogP contribution in [0.5, 0.6) is 0 Å². The van der Waals surface area contributed by atoms with Gasteiger partial charge >= 0.3 is 6.09 Å². The van der Waals surface area contributed by atoms with E-state index in [0.29, 0.717) is 29.0 Å². The molecule has 2 aromatic heterocycles. The Hall–Kier alpha value is -3.42. The average Bonchev–Trinajstić information content (AvgIpc) is 3.37. The quantitative estimate of drug-likeness (QED) is 0.699. The molecule has 8 heteroatoms. The lowest BCUT2D eigenvalue weighted by atomic mass is 10.1. The Morgan fingerprint density at radius 2 is 2.15 bits per heavy atom. The summed E-state index contributed by atoms with van der Waals surface area (Å²) in [6.07, 6.45) is 3.34. The fourth-order valence-electron chi connectivity index (χ4n) is 2.71. The van der Waals surface area contributed by atoms with E-state index in [0.717, 1.165) is 24.1 Å². The SMILES string of the molecule is CN(C)c1cccc(-c2cc(NC(=O)OC3CC3)n3ncc(C=O)c3n2)c1. The first-order valence-corrected chi connectivity index (χ1v) is 8.64. The number of ether oxygens (including phenoxy) is 1. The van der Waals surface area contributed by atoms with Crippen LogP contribution >= 0.6 is 0 Å². The van der Waals surface area contributed by atoms with Gasteiger partial charge in [0.15, 0.2) is 11.9 Å². The Balaban J connectivity index is 1.79. The minimum Gasteiger partial charge on any atom is -0.446 e. The molecule has 0 atom stereocenters. The van der Waals surface area contributed by atoms with Gasteiger partial charge in [0.05, 0.1) is 17.5 Å². The number of nitrogens with zero attached hydrogens (tertiary/aromatic N) is 4. The van der Waals surface area contributed by atoms with Crippen molar-refractivity contribution in [3.63, 3.8) is 0 Å². The number of aldehydes is 1. The minimum absolute atomic E-state index is 0.0123. The van der Waals surface area contributed by atoms with Gasteiger partial charge in [-0.2, -0.15) is 9.61 Å². The highest BCUT2D eigenvalue weighted by Crippen LogP contribution is 2.27. The van der Waals surface area contributed by atoms with Crippen LogP contribution in [0.1, 0.15) is 23.2 Å². The van der Waals surface area contributed by atoms with Crippen molar-refractivity contribution in [2.45, 2.75) is 18.9 Å². The smallest absolute Gasteiger partial charge is 0.413 e. The lowest BCUT2D eigenvalue weighted by Gasteiger charge is -2.14. The van der Waals surface area contributed by atoms with E-state index in [1.165, 1.54) is 10.7 Å². The molecule has 27 heavy (non-hydrogen) atoms. The van der Waals surface area contributed by atoms with Crippen LogP contribution in [-0.4, -0.2) is 47.2 Å². The van der Waals surface area contributed by atoms with Crippen molar-refractivity contribution in [3.05, 3.63) is 42.1 Å². The molecule has 1 N–H and O–H groups in total. The molecule has 1 saturated carbocycles. The Labute approximate surface area is 155 Å². The second-order valence-electron chi connectivity index (χ2n) is 6.65. The van der Waals surface area contributed by atoms with Crippen molar-refractivity contribution in [3.8, 4) is 11.3 Å². The number of benzene rings is 1. The number of hydrogen-bond donors (Lipinski definition) is 1. The number of hydrogen-bond acceptors (Lipinski definition) is 6. The molecular formula is C19H19N5O3. The number of carbonyl (C=O) groups is 2. The van der Waals surface area contributed by atoms with Crippen LogP contribution in [0.15, 0.2) is 36.5 Å². The summed E-state index contributed by atoms with van der Waals surface area (Å²) in [6, 6.07) is 9.56. The summed E-state index contributed by atoms with van der Waals surface area (Å²) in [4.78, 5) is 30.0. The number of nitrogens with one attached hydrogen (secondary N) is 1. The van der Waals surface area contributed by atoms with Crippen LogP contribution in [0.4, 0.5) is 16.3 Å². The average molecular weight is 365 g/mol. The van der Waals surface area contributed by atoms with Crippen LogP contribution in [0.3, 0.4) is 0 Å². The molecule has 1 amide bonds. The Morgan fingerprint density at radius 3 is 2.85 bits per heavy atom. The molecule has 3 aromatic rings. The number of amides is 1. The number of fused-ring (bicyclic) bond motifs is 1. The van der Waals surface area contributed by atoms with Crippen LogP contribution in [0, 0.1) is 0 Å². The lowest BCUT2D eigenvalue weighted by molar-refractivity contribution is 0.112. The van der Waals surface area contributed by atoms with E-state index in [4.69, 9.17) is 4.74 Å². The summed E-state index contributed by atoms with van der Waals surface area (Å²) in [7, 11) is 3.91. The Bertz CT molecular complexity index is 1020. The highest BCUT2D eigenvalue weighted by atomic mass is 16.6. The summed E-state index contributed by atoms with van der Waals surface area (Å²) in [5.74, 6) is 0.393. The summed E-state index contributed by atoms with van der Waals surface area (Å²) in [5.41, 5.74) is 3.22. The molecule has 0 radical (unpaired) electrons. The summed E-state index contributed by atoms with van der Waals surface area (Å²) >= 11 is 0. The third-order valence-electron chi connectivity index (χ3n) is 4.31. The van der Waals surface area contributed by atoms with Gasteiger partial charge in [-0.15, -0.1) is 0 Å². The van der Waals surface area contributed by atoms with Gasteiger partial charge in [0.2, 0.25) is 0 Å². The zero-order chi connectivity index (χ0) is 19.0. The molecule has 0 aliphatic heterocycles. The third kappa shape index (κ3) is 3.46. The predicted molar refractivity (Wildman–Crippen MR) is 101 cm³/mol. The van der Waals surface area contributed by atoms with Crippen molar-refractivity contribution in [1.82, 2.24) is 14.6 Å². The number of carbonyl (C=O) groups excluding carboxylic acids is 2. The van der Waals surface area contributed by atoms with E-state index in [1.54, 1.807) is 6.07 Å². The molecule has 2 heterocycles. The largest absolute Gasteiger partial charge is 0.446 e. The zero-order valence-corrected chi connectivity index (χ0v) is 15.0. The second kappa shape index (κ2) is 6.71. The van der Waals surface area contributed by atoms with E-state index in [-0.39, 0.29) is 6.10 Å². The molecule has 1 aromatic carbocycles. The van der Waals surface area contributed by atoms with E-state index >= 15 is 0 Å². The van der Waals surface area contributed by atoms with Crippen molar-refractivity contribution >= 4 is 29.5 Å². The van der Waals surface area contributed by atoms with Crippen molar-refractivity contribution < 1.29 is 14.3 Å². The Kier molecular flexibility index (Phi) is 4.23. The Morgan fingerprint density at radius 1 is 1.33 bits per heavy atom. The standard InChI is InChI=1S/C19H19N5O3/c1-23(2)14-5-3-4-12(8-14)16-9-17(22-19(26)27-15-6-7-15)24-18(21-16)13(11-25)10-20-24/h3-5,8-11,15H,6-7H2,1-2H3,(H,22,26). The third-order valence-corrected chi connectivity index (χ3v) is 4.31. The van der Waals surface area contributed by atoms with Gasteiger partial charge in [-0.05, 0) is 25.0 Å². The number of rotatable bonds is 5. The summed E-state index contributed by atoms with van der Waals surface area (Å²) < 4.78 is 6.68. The molecular weight excluding hydrogens is 346 g/mol. The number of anilines is 2. The first-order chi connectivity index (χ1) is 13.0. The first-order valence-electron chi connectivity index (χ1n) is 8.64. The van der Waals surface area contributed by atoms with Gasteiger partial charge in [-0.1, -0.05) is 12.1 Å². The van der Waals surface area contributed by atoms with Crippen molar-refractivity contribution in [2.75, 3.05) is 24.3 Å². The molecule has 1 aliphatic carbocycles. The van der Waals surface area contributed by atoms with E-state index in [2.05, 4.69) is 15.4 Å². The molecule has 0 saturated heterocycles. The van der Waals surface area contributed by atoms with Gasteiger partial charge in [0, 0.05) is 31.4 Å². The maximum atomic E-state index is 12.1. The van der Waals surface area contributed by atoms with E-state index < -0.39 is 6.09 Å². The van der Waals surface area contributed by atoms with Crippen molar-refractivity contribution in [2.24, 2.45) is 0 Å². The number of aromatic nitrogens is 3.